The number of benzene rings is 1. The van der Waals surface area contributed by atoms with Gasteiger partial charge in [-0.1, -0.05) is 11.6 Å². The number of fused-ring (bicyclic) bond motifs is 1. The van der Waals surface area contributed by atoms with Crippen molar-refractivity contribution in [3.63, 3.8) is 0 Å². The Morgan fingerprint density at radius 1 is 1.38 bits per heavy atom. The monoisotopic (exact) mass is 533 g/mol. The van der Waals surface area contributed by atoms with Crippen molar-refractivity contribution in [1.29, 1.82) is 0 Å². The van der Waals surface area contributed by atoms with E-state index in [9.17, 15) is 14.0 Å². The van der Waals surface area contributed by atoms with Crippen molar-refractivity contribution in [3.8, 4) is 11.1 Å². The summed E-state index contributed by atoms with van der Waals surface area (Å²) in [5.41, 5.74) is 0.851. The molecule has 6 nitrogen and oxygen atoms in total. The molecule has 1 aliphatic rings. The first-order valence-electron chi connectivity index (χ1n) is 9.18. The number of amides is 2. The fourth-order valence-electron chi connectivity index (χ4n) is 3.20. The van der Waals surface area contributed by atoms with Gasteiger partial charge in [-0.15, -0.1) is 0 Å². The van der Waals surface area contributed by atoms with E-state index < -0.39 is 17.5 Å². The maximum Gasteiger partial charge on any atom is 0.407 e. The molecule has 0 fully saturated rings. The van der Waals surface area contributed by atoms with Crippen molar-refractivity contribution in [3.05, 3.63) is 44.5 Å². The van der Waals surface area contributed by atoms with Gasteiger partial charge >= 0.3 is 6.09 Å². The first-order valence-corrected chi connectivity index (χ1v) is 10.6. The molecule has 2 aromatic rings. The molecule has 0 bridgehead atoms. The Morgan fingerprint density at radius 3 is 2.79 bits per heavy atom. The lowest BCUT2D eigenvalue weighted by atomic mass is 10.1. The van der Waals surface area contributed by atoms with Crippen LogP contribution in [-0.2, 0) is 4.74 Å². The number of nitrogens with zero attached hydrogens (tertiary/aromatic N) is 1. The molecule has 2 N–H and O–H groups in total. The summed E-state index contributed by atoms with van der Waals surface area (Å²) in [6.07, 6.45) is 0.0933. The van der Waals surface area contributed by atoms with Gasteiger partial charge in [-0.05, 0) is 74.0 Å². The molecule has 1 unspecified atom stereocenters. The second kappa shape index (κ2) is 8.51. The standard InChI is InChI=1S/C20H22ClFIN3O3/c1-20(2,3)29-19(28)24-7-6-12-10-25-18(27)16-9-14(17(23)26(12)16)13-8-11(21)4-5-15(13)22/h4-5,8-9,12H,6-7,10H2,1-3H3,(H,24,28)(H,25,27). The fourth-order valence-corrected chi connectivity index (χ4v) is 4.48. The van der Waals surface area contributed by atoms with Gasteiger partial charge in [0.15, 0.2) is 0 Å². The highest BCUT2D eigenvalue weighted by Gasteiger charge is 2.30. The molecule has 2 amide bonds. The largest absolute Gasteiger partial charge is 0.444 e. The zero-order valence-corrected chi connectivity index (χ0v) is 19.2. The van der Waals surface area contributed by atoms with E-state index in [4.69, 9.17) is 16.3 Å². The molecule has 2 heterocycles. The van der Waals surface area contributed by atoms with E-state index in [1.54, 1.807) is 32.9 Å². The van der Waals surface area contributed by atoms with Crippen LogP contribution in [0.4, 0.5) is 9.18 Å². The van der Waals surface area contributed by atoms with E-state index in [1.807, 2.05) is 4.57 Å². The Balaban J connectivity index is 1.82. The van der Waals surface area contributed by atoms with Gasteiger partial charge in [0.05, 0.1) is 9.74 Å². The number of rotatable bonds is 4. The van der Waals surface area contributed by atoms with Crippen LogP contribution in [0.1, 0.15) is 43.7 Å². The van der Waals surface area contributed by atoms with Crippen LogP contribution in [0.3, 0.4) is 0 Å². The molecule has 0 spiro atoms. The predicted molar refractivity (Wildman–Crippen MR) is 118 cm³/mol. The predicted octanol–water partition coefficient (Wildman–Crippen LogP) is 4.75. The van der Waals surface area contributed by atoms with Crippen molar-refractivity contribution < 1.29 is 18.7 Å². The molecule has 156 valence electrons. The summed E-state index contributed by atoms with van der Waals surface area (Å²) in [7, 11) is 0. The van der Waals surface area contributed by atoms with Crippen LogP contribution in [0.15, 0.2) is 24.3 Å². The summed E-state index contributed by atoms with van der Waals surface area (Å²) < 4.78 is 22.3. The van der Waals surface area contributed by atoms with Crippen LogP contribution < -0.4 is 10.6 Å². The van der Waals surface area contributed by atoms with Gasteiger partial charge in [0.2, 0.25) is 0 Å². The van der Waals surface area contributed by atoms with Gasteiger partial charge in [0.1, 0.15) is 17.1 Å². The number of carbonyl (C=O) groups is 2. The lowest BCUT2D eigenvalue weighted by molar-refractivity contribution is 0.0523. The number of halogens is 3. The summed E-state index contributed by atoms with van der Waals surface area (Å²) in [6, 6.07) is 5.95. The summed E-state index contributed by atoms with van der Waals surface area (Å²) in [5.74, 6) is -0.619. The van der Waals surface area contributed by atoms with E-state index in [0.29, 0.717) is 41.4 Å². The molecule has 0 saturated carbocycles. The van der Waals surface area contributed by atoms with Gasteiger partial charge in [-0.25, -0.2) is 9.18 Å². The SMILES string of the molecule is CC(C)(C)OC(=O)NCCC1CNC(=O)c2cc(-c3cc(Cl)ccc3F)c(I)n21. The minimum atomic E-state index is -0.568. The van der Waals surface area contributed by atoms with Gasteiger partial charge in [-0.2, -0.15) is 0 Å². The lowest BCUT2D eigenvalue weighted by Crippen LogP contribution is -2.41. The Labute approximate surface area is 187 Å². The maximum atomic E-state index is 14.4. The zero-order chi connectivity index (χ0) is 21.3. The molecule has 3 rings (SSSR count). The van der Waals surface area contributed by atoms with Crippen LogP contribution in [-0.4, -0.2) is 35.3 Å². The lowest BCUT2D eigenvalue weighted by Gasteiger charge is -2.28. The number of nitrogens with one attached hydrogen (secondary N) is 2. The van der Waals surface area contributed by atoms with Gasteiger partial charge in [-0.3, -0.25) is 4.79 Å². The van der Waals surface area contributed by atoms with Gasteiger partial charge in [0.25, 0.3) is 5.91 Å². The highest BCUT2D eigenvalue weighted by atomic mass is 127. The van der Waals surface area contributed by atoms with Crippen LogP contribution in [0.25, 0.3) is 11.1 Å². The molecule has 0 radical (unpaired) electrons. The number of hydrogen-bond acceptors (Lipinski definition) is 3. The Kier molecular flexibility index (Phi) is 6.42. The summed E-state index contributed by atoms with van der Waals surface area (Å²) in [5, 5.41) is 6.01. The fraction of sp³-hybridized carbons (Fsp3) is 0.400. The van der Waals surface area contributed by atoms with Crippen LogP contribution in [0.2, 0.25) is 5.02 Å². The molecule has 1 aromatic heterocycles. The summed E-state index contributed by atoms with van der Waals surface area (Å²) in [6.45, 7) is 6.20. The molecular weight excluding hydrogens is 512 g/mol. The van der Waals surface area contributed by atoms with Crippen molar-refractivity contribution in [2.45, 2.75) is 38.8 Å². The first kappa shape index (κ1) is 21.9. The molecule has 1 aromatic carbocycles. The second-order valence-corrected chi connectivity index (χ2v) is 9.27. The Bertz CT molecular complexity index is 955. The van der Waals surface area contributed by atoms with Crippen LogP contribution in [0.5, 0.6) is 0 Å². The van der Waals surface area contributed by atoms with E-state index in [0.717, 1.165) is 3.70 Å². The molecule has 1 aliphatic heterocycles. The number of hydrogen-bond donors (Lipinski definition) is 2. The Morgan fingerprint density at radius 2 is 2.10 bits per heavy atom. The molecule has 1 atom stereocenters. The van der Waals surface area contributed by atoms with E-state index in [-0.39, 0.29) is 11.9 Å². The smallest absolute Gasteiger partial charge is 0.407 e. The second-order valence-electron chi connectivity index (χ2n) is 7.81. The van der Waals surface area contributed by atoms with Crippen molar-refractivity contribution >= 4 is 46.2 Å². The summed E-state index contributed by atoms with van der Waals surface area (Å²) in [4.78, 5) is 24.2. The first-order chi connectivity index (χ1) is 13.6. The zero-order valence-electron chi connectivity index (χ0n) is 16.3. The van der Waals surface area contributed by atoms with Crippen molar-refractivity contribution in [2.75, 3.05) is 13.1 Å². The Hall–Kier alpha value is -1.81. The maximum absolute atomic E-state index is 14.4. The minimum absolute atomic E-state index is 0.0828. The normalized spacial score (nSPS) is 16.2. The average Bonchev–Trinajstić information content (AvgIpc) is 2.96. The van der Waals surface area contributed by atoms with E-state index in [1.165, 1.54) is 12.1 Å². The average molecular weight is 534 g/mol. The number of carbonyl (C=O) groups excluding carboxylic acids is 2. The van der Waals surface area contributed by atoms with Crippen LogP contribution in [0, 0.1) is 9.52 Å². The number of aromatic nitrogens is 1. The van der Waals surface area contributed by atoms with Crippen molar-refractivity contribution in [2.24, 2.45) is 0 Å². The van der Waals surface area contributed by atoms with E-state index in [2.05, 4.69) is 33.2 Å². The summed E-state index contributed by atoms with van der Waals surface area (Å²) >= 11 is 8.16. The number of ether oxygens (including phenoxy) is 1. The third-order valence-electron chi connectivity index (χ3n) is 4.43. The molecule has 0 aliphatic carbocycles. The molecule has 0 saturated heterocycles. The van der Waals surface area contributed by atoms with Crippen molar-refractivity contribution in [1.82, 2.24) is 15.2 Å². The molecule has 29 heavy (non-hydrogen) atoms. The van der Waals surface area contributed by atoms with E-state index >= 15 is 0 Å². The molecular formula is C20H22ClFIN3O3. The van der Waals surface area contributed by atoms with Crippen LogP contribution >= 0.6 is 34.2 Å². The minimum Gasteiger partial charge on any atom is -0.444 e. The van der Waals surface area contributed by atoms with Gasteiger partial charge < -0.3 is 19.9 Å². The topological polar surface area (TPSA) is 72.4 Å². The number of alkyl carbamates (subject to hydrolysis) is 1. The third kappa shape index (κ3) is 5.03. The van der Waals surface area contributed by atoms with Gasteiger partial charge in [0, 0.05) is 29.2 Å². The third-order valence-corrected chi connectivity index (χ3v) is 5.77. The molecule has 9 heteroatoms. The highest BCUT2D eigenvalue weighted by Crippen LogP contribution is 2.35. The quantitative estimate of drug-likeness (QED) is 0.557. The highest BCUT2D eigenvalue weighted by molar-refractivity contribution is 14.1.